The van der Waals surface area contributed by atoms with E-state index in [2.05, 4.69) is 13.8 Å². The van der Waals surface area contributed by atoms with Crippen LogP contribution in [0.1, 0.15) is 44.6 Å². The van der Waals surface area contributed by atoms with Crippen molar-refractivity contribution >= 4 is 11.6 Å². The van der Waals surface area contributed by atoms with Crippen molar-refractivity contribution in [2.45, 2.75) is 44.4 Å². The van der Waals surface area contributed by atoms with Crippen molar-refractivity contribution in [1.82, 2.24) is 0 Å². The molecule has 0 spiro atoms. The Balaban J connectivity index is 2.82. The van der Waals surface area contributed by atoms with E-state index in [0.717, 1.165) is 24.8 Å². The molecule has 0 heterocycles. The molecule has 2 atom stereocenters. The van der Waals surface area contributed by atoms with E-state index < -0.39 is 0 Å². The summed E-state index contributed by atoms with van der Waals surface area (Å²) in [5.41, 5.74) is 1.02. The Morgan fingerprint density at radius 2 is 2.07 bits per heavy atom. The fourth-order valence-electron chi connectivity index (χ4n) is 1.91. The van der Waals surface area contributed by atoms with E-state index in [0.29, 0.717) is 0 Å². The lowest BCUT2D eigenvalue weighted by molar-refractivity contribution is 0.569. The second kappa shape index (κ2) is 6.12. The van der Waals surface area contributed by atoms with Crippen molar-refractivity contribution in [3.8, 4) is 0 Å². The second-order valence-electron chi connectivity index (χ2n) is 3.87. The number of hydrogen-bond acceptors (Lipinski definition) is 0. The van der Waals surface area contributed by atoms with Gasteiger partial charge in [0, 0.05) is 11.3 Å². The first-order chi connectivity index (χ1) is 7.19. The molecule has 0 aliphatic rings. The van der Waals surface area contributed by atoms with Crippen molar-refractivity contribution in [2.24, 2.45) is 0 Å². The summed E-state index contributed by atoms with van der Waals surface area (Å²) in [5.74, 6) is 0.0913. The summed E-state index contributed by atoms with van der Waals surface area (Å²) in [6.07, 6.45) is 3.01. The first-order valence-electron chi connectivity index (χ1n) is 5.58. The molecular formula is C13H18ClF. The second-order valence-corrected chi connectivity index (χ2v) is 4.43. The average Bonchev–Trinajstić information content (AvgIpc) is 2.19. The number of halogens is 2. The molecule has 0 aromatic heterocycles. The van der Waals surface area contributed by atoms with Crippen LogP contribution in [0.25, 0.3) is 0 Å². The van der Waals surface area contributed by atoms with E-state index in [4.69, 9.17) is 11.6 Å². The third-order valence-electron chi connectivity index (χ3n) is 2.72. The first kappa shape index (κ1) is 12.5. The molecule has 15 heavy (non-hydrogen) atoms. The van der Waals surface area contributed by atoms with Gasteiger partial charge in [-0.25, -0.2) is 4.39 Å². The van der Waals surface area contributed by atoms with Gasteiger partial charge in [-0.05, 0) is 30.5 Å². The maximum absolute atomic E-state index is 13.1. The van der Waals surface area contributed by atoms with Crippen molar-refractivity contribution in [2.75, 3.05) is 0 Å². The van der Waals surface area contributed by atoms with Crippen LogP contribution < -0.4 is 0 Å². The van der Waals surface area contributed by atoms with Crippen LogP contribution in [0, 0.1) is 5.82 Å². The number of rotatable bonds is 5. The fraction of sp³-hybridized carbons (Fsp3) is 0.538. The Morgan fingerprint density at radius 3 is 2.60 bits per heavy atom. The van der Waals surface area contributed by atoms with Gasteiger partial charge in [0.1, 0.15) is 5.82 Å². The van der Waals surface area contributed by atoms with E-state index in [1.54, 1.807) is 12.1 Å². The van der Waals surface area contributed by atoms with Crippen LogP contribution in [0.15, 0.2) is 24.3 Å². The number of alkyl halides is 1. The topological polar surface area (TPSA) is 0 Å². The maximum Gasteiger partial charge on any atom is 0.123 e. The summed E-state index contributed by atoms with van der Waals surface area (Å²) < 4.78 is 13.1. The Hall–Kier alpha value is -0.560. The van der Waals surface area contributed by atoms with Crippen LogP contribution in [0.2, 0.25) is 0 Å². The van der Waals surface area contributed by atoms with Crippen molar-refractivity contribution < 1.29 is 4.39 Å². The van der Waals surface area contributed by atoms with Gasteiger partial charge in [0.2, 0.25) is 0 Å². The normalized spacial score (nSPS) is 14.9. The SMILES string of the molecule is CCCC(Cl)C(CC)c1cccc(F)c1. The molecule has 84 valence electrons. The molecule has 2 unspecified atom stereocenters. The molecule has 0 aliphatic carbocycles. The Labute approximate surface area is 96.5 Å². The highest BCUT2D eigenvalue weighted by molar-refractivity contribution is 6.21. The molecule has 0 saturated heterocycles. The molecule has 0 aliphatic heterocycles. The molecule has 2 heteroatoms. The van der Waals surface area contributed by atoms with Crippen LogP contribution in [0.4, 0.5) is 4.39 Å². The Bertz CT molecular complexity index is 298. The van der Waals surface area contributed by atoms with E-state index >= 15 is 0 Å². The highest BCUT2D eigenvalue weighted by Crippen LogP contribution is 2.30. The molecule has 1 rings (SSSR count). The monoisotopic (exact) mass is 228 g/mol. The summed E-state index contributed by atoms with van der Waals surface area (Å²) in [6, 6.07) is 6.78. The smallest absolute Gasteiger partial charge is 0.123 e. The molecule has 1 aromatic rings. The molecule has 0 amide bonds. The van der Waals surface area contributed by atoms with Gasteiger partial charge in [-0.15, -0.1) is 11.6 Å². The average molecular weight is 229 g/mol. The van der Waals surface area contributed by atoms with Gasteiger partial charge in [0.15, 0.2) is 0 Å². The largest absolute Gasteiger partial charge is 0.207 e. The summed E-state index contributed by atoms with van der Waals surface area (Å²) in [5, 5.41) is 0.113. The highest BCUT2D eigenvalue weighted by atomic mass is 35.5. The molecule has 0 saturated carbocycles. The first-order valence-corrected chi connectivity index (χ1v) is 6.02. The van der Waals surface area contributed by atoms with Crippen LogP contribution >= 0.6 is 11.6 Å². The fourth-order valence-corrected chi connectivity index (χ4v) is 2.46. The van der Waals surface area contributed by atoms with Crippen LogP contribution in [-0.4, -0.2) is 5.38 Å². The van der Waals surface area contributed by atoms with Crippen LogP contribution in [0.3, 0.4) is 0 Å². The van der Waals surface area contributed by atoms with Gasteiger partial charge >= 0.3 is 0 Å². The summed E-state index contributed by atoms with van der Waals surface area (Å²) in [4.78, 5) is 0. The standard InChI is InChI=1S/C13H18ClF/c1-3-6-13(14)12(4-2)10-7-5-8-11(15)9-10/h5,7-9,12-13H,3-4,6H2,1-2H3. The number of hydrogen-bond donors (Lipinski definition) is 0. The minimum absolute atomic E-state index is 0.113. The van der Waals surface area contributed by atoms with Gasteiger partial charge in [0.25, 0.3) is 0 Å². The summed E-state index contributed by atoms with van der Waals surface area (Å²) in [6.45, 7) is 4.22. The molecule has 0 fully saturated rings. The third kappa shape index (κ3) is 3.49. The van der Waals surface area contributed by atoms with E-state index in [-0.39, 0.29) is 17.1 Å². The number of benzene rings is 1. The quantitative estimate of drug-likeness (QED) is 0.640. The predicted octanol–water partition coefficient (Wildman–Crippen LogP) is 4.73. The molecule has 0 bridgehead atoms. The lowest BCUT2D eigenvalue weighted by Gasteiger charge is -2.20. The van der Waals surface area contributed by atoms with Gasteiger partial charge < -0.3 is 0 Å². The molecular weight excluding hydrogens is 211 g/mol. The van der Waals surface area contributed by atoms with Crippen LogP contribution in [0.5, 0.6) is 0 Å². The maximum atomic E-state index is 13.1. The van der Waals surface area contributed by atoms with Gasteiger partial charge in [0.05, 0.1) is 0 Å². The molecule has 1 aromatic carbocycles. The van der Waals surface area contributed by atoms with E-state index in [1.807, 2.05) is 6.07 Å². The van der Waals surface area contributed by atoms with Crippen LogP contribution in [-0.2, 0) is 0 Å². The van der Waals surface area contributed by atoms with E-state index in [1.165, 1.54) is 6.07 Å². The summed E-state index contributed by atoms with van der Waals surface area (Å²) in [7, 11) is 0. The zero-order valence-electron chi connectivity index (χ0n) is 9.34. The van der Waals surface area contributed by atoms with Crippen molar-refractivity contribution in [3.05, 3.63) is 35.6 Å². The summed E-state index contributed by atoms with van der Waals surface area (Å²) >= 11 is 6.31. The minimum atomic E-state index is -0.175. The van der Waals surface area contributed by atoms with Crippen molar-refractivity contribution in [3.63, 3.8) is 0 Å². The molecule has 0 N–H and O–H groups in total. The van der Waals surface area contributed by atoms with Crippen molar-refractivity contribution in [1.29, 1.82) is 0 Å². The highest BCUT2D eigenvalue weighted by Gasteiger charge is 2.18. The van der Waals surface area contributed by atoms with Gasteiger partial charge in [-0.2, -0.15) is 0 Å². The Morgan fingerprint density at radius 1 is 1.33 bits per heavy atom. The zero-order valence-corrected chi connectivity index (χ0v) is 10.1. The van der Waals surface area contributed by atoms with Gasteiger partial charge in [-0.3, -0.25) is 0 Å². The van der Waals surface area contributed by atoms with E-state index in [9.17, 15) is 4.39 Å². The predicted molar refractivity (Wildman–Crippen MR) is 64.0 cm³/mol. The lowest BCUT2D eigenvalue weighted by atomic mass is 9.91. The molecule has 0 nitrogen and oxygen atoms in total. The molecule has 0 radical (unpaired) electrons. The van der Waals surface area contributed by atoms with Gasteiger partial charge in [-0.1, -0.05) is 32.4 Å². The zero-order chi connectivity index (χ0) is 11.3. The minimum Gasteiger partial charge on any atom is -0.207 e. The third-order valence-corrected chi connectivity index (χ3v) is 3.24. The Kier molecular flexibility index (Phi) is 5.10. The lowest BCUT2D eigenvalue weighted by Crippen LogP contribution is -2.12.